The molecular formula is C23H24N6O2. The van der Waals surface area contributed by atoms with Crippen molar-refractivity contribution in [1.82, 2.24) is 15.0 Å². The third-order valence-electron chi connectivity index (χ3n) is 5.61. The van der Waals surface area contributed by atoms with Gasteiger partial charge in [-0.05, 0) is 56.0 Å². The molecule has 2 aliphatic rings. The number of benzene rings is 1. The molecule has 2 fully saturated rings. The zero-order chi connectivity index (χ0) is 21.2. The number of carbonyl (C=O) groups is 1. The number of rotatable bonds is 6. The normalized spacial score (nSPS) is 15.7. The van der Waals surface area contributed by atoms with Gasteiger partial charge in [0, 0.05) is 42.1 Å². The van der Waals surface area contributed by atoms with Gasteiger partial charge in [-0.1, -0.05) is 0 Å². The molecule has 1 aromatic carbocycles. The highest BCUT2D eigenvalue weighted by atomic mass is 16.2. The SMILES string of the molecule is O=C(Nc1cc(-c2cncc(NC3CC3)n2)c[nH]c1=O)c1ccc(N2CCCC2)cc1. The third-order valence-corrected chi connectivity index (χ3v) is 5.61. The van der Waals surface area contributed by atoms with Crippen molar-refractivity contribution >= 4 is 23.1 Å². The Balaban J connectivity index is 1.33. The number of H-pyrrole nitrogens is 1. The summed E-state index contributed by atoms with van der Waals surface area (Å²) >= 11 is 0. The number of nitrogens with zero attached hydrogens (tertiary/aromatic N) is 3. The fraction of sp³-hybridized carbons (Fsp3) is 0.304. The van der Waals surface area contributed by atoms with Crippen LogP contribution in [0.2, 0.25) is 0 Å². The molecular weight excluding hydrogens is 392 g/mol. The van der Waals surface area contributed by atoms with Crippen molar-refractivity contribution in [1.29, 1.82) is 0 Å². The second-order valence-corrected chi connectivity index (χ2v) is 8.03. The number of hydrogen-bond donors (Lipinski definition) is 3. The van der Waals surface area contributed by atoms with Gasteiger partial charge in [-0.2, -0.15) is 0 Å². The summed E-state index contributed by atoms with van der Waals surface area (Å²) in [6, 6.07) is 9.58. The first-order valence-corrected chi connectivity index (χ1v) is 10.6. The largest absolute Gasteiger partial charge is 0.372 e. The minimum atomic E-state index is -0.369. The van der Waals surface area contributed by atoms with E-state index in [4.69, 9.17) is 0 Å². The number of aromatic amines is 1. The maximum absolute atomic E-state index is 12.7. The number of pyridine rings is 1. The predicted molar refractivity (Wildman–Crippen MR) is 121 cm³/mol. The summed E-state index contributed by atoms with van der Waals surface area (Å²) in [5.74, 6) is 0.376. The Morgan fingerprint density at radius 2 is 1.87 bits per heavy atom. The number of hydrogen-bond acceptors (Lipinski definition) is 6. The van der Waals surface area contributed by atoms with Gasteiger partial charge in [0.15, 0.2) is 0 Å². The molecule has 8 nitrogen and oxygen atoms in total. The average Bonchev–Trinajstić information content (AvgIpc) is 3.43. The third kappa shape index (κ3) is 4.42. The lowest BCUT2D eigenvalue weighted by molar-refractivity contribution is 0.102. The standard InChI is InChI=1S/C23H24N6O2/c30-22(15-3-7-18(8-4-15)29-9-1-2-10-29)28-19-11-16(12-25-23(19)31)20-13-24-14-21(27-20)26-17-5-6-17/h3-4,7-8,11-14,17H,1-2,5-6,9-10H2,(H,25,31)(H,26,27)(H,28,30). The van der Waals surface area contributed by atoms with Crippen LogP contribution in [0.15, 0.2) is 53.7 Å². The van der Waals surface area contributed by atoms with Gasteiger partial charge in [-0.3, -0.25) is 14.6 Å². The molecule has 31 heavy (non-hydrogen) atoms. The van der Waals surface area contributed by atoms with E-state index < -0.39 is 0 Å². The van der Waals surface area contributed by atoms with Crippen molar-refractivity contribution in [2.24, 2.45) is 0 Å². The Kier molecular flexibility index (Phi) is 5.11. The van der Waals surface area contributed by atoms with Crippen molar-refractivity contribution in [3.05, 3.63) is 64.8 Å². The van der Waals surface area contributed by atoms with Crippen molar-refractivity contribution in [3.63, 3.8) is 0 Å². The second-order valence-electron chi connectivity index (χ2n) is 8.03. The highest BCUT2D eigenvalue weighted by Gasteiger charge is 2.21. The number of amides is 1. The Labute approximate surface area is 179 Å². The van der Waals surface area contributed by atoms with E-state index in [0.717, 1.165) is 31.6 Å². The lowest BCUT2D eigenvalue weighted by Gasteiger charge is -2.17. The summed E-state index contributed by atoms with van der Waals surface area (Å²) in [4.78, 5) is 38.8. The van der Waals surface area contributed by atoms with Crippen LogP contribution in [0, 0.1) is 0 Å². The molecule has 0 unspecified atom stereocenters. The maximum Gasteiger partial charge on any atom is 0.271 e. The van der Waals surface area contributed by atoms with E-state index in [1.165, 1.54) is 12.8 Å². The van der Waals surface area contributed by atoms with Gasteiger partial charge < -0.3 is 20.5 Å². The van der Waals surface area contributed by atoms with Gasteiger partial charge in [0.2, 0.25) is 0 Å². The predicted octanol–water partition coefficient (Wildman–Crippen LogP) is 3.26. The van der Waals surface area contributed by atoms with E-state index in [-0.39, 0.29) is 17.2 Å². The van der Waals surface area contributed by atoms with Crippen LogP contribution < -0.4 is 21.1 Å². The van der Waals surface area contributed by atoms with Gasteiger partial charge >= 0.3 is 0 Å². The van der Waals surface area contributed by atoms with Crippen LogP contribution in [0.4, 0.5) is 17.2 Å². The first-order chi connectivity index (χ1) is 15.2. The zero-order valence-electron chi connectivity index (χ0n) is 17.1. The summed E-state index contributed by atoms with van der Waals surface area (Å²) in [6.07, 6.45) is 9.57. The van der Waals surface area contributed by atoms with E-state index in [2.05, 4.69) is 30.5 Å². The first kappa shape index (κ1) is 19.3. The van der Waals surface area contributed by atoms with Crippen molar-refractivity contribution < 1.29 is 4.79 Å². The Morgan fingerprint density at radius 1 is 1.10 bits per heavy atom. The average molecular weight is 416 g/mol. The quantitative estimate of drug-likeness (QED) is 0.570. The molecule has 0 spiro atoms. The van der Waals surface area contributed by atoms with Gasteiger partial charge in [0.1, 0.15) is 11.5 Å². The van der Waals surface area contributed by atoms with Crippen LogP contribution in [-0.4, -0.2) is 40.0 Å². The summed E-state index contributed by atoms with van der Waals surface area (Å²) in [7, 11) is 0. The molecule has 5 rings (SSSR count). The smallest absolute Gasteiger partial charge is 0.271 e. The molecule has 1 aliphatic carbocycles. The highest BCUT2D eigenvalue weighted by molar-refractivity contribution is 6.04. The van der Waals surface area contributed by atoms with Crippen LogP contribution in [-0.2, 0) is 0 Å². The second kappa shape index (κ2) is 8.22. The summed E-state index contributed by atoms with van der Waals surface area (Å²) in [5, 5.41) is 6.03. The molecule has 1 saturated heterocycles. The van der Waals surface area contributed by atoms with Gasteiger partial charge in [-0.25, -0.2) is 4.98 Å². The summed E-state index contributed by atoms with van der Waals surface area (Å²) in [6.45, 7) is 2.10. The topological polar surface area (TPSA) is 103 Å². The molecule has 0 radical (unpaired) electrons. The van der Waals surface area contributed by atoms with E-state index in [9.17, 15) is 9.59 Å². The van der Waals surface area contributed by atoms with Crippen LogP contribution in [0.25, 0.3) is 11.3 Å². The van der Waals surface area contributed by atoms with Gasteiger partial charge in [-0.15, -0.1) is 0 Å². The molecule has 3 N–H and O–H groups in total. The molecule has 8 heteroatoms. The monoisotopic (exact) mass is 416 g/mol. The molecule has 3 aromatic rings. The molecule has 1 aliphatic heterocycles. The Bertz CT molecular complexity index is 1150. The van der Waals surface area contributed by atoms with Crippen LogP contribution in [0.3, 0.4) is 0 Å². The van der Waals surface area contributed by atoms with Crippen molar-refractivity contribution in [3.8, 4) is 11.3 Å². The van der Waals surface area contributed by atoms with Crippen molar-refractivity contribution in [2.75, 3.05) is 28.6 Å². The van der Waals surface area contributed by atoms with E-state index >= 15 is 0 Å². The number of carbonyl (C=O) groups excluding carboxylic acids is 1. The highest BCUT2D eigenvalue weighted by Crippen LogP contribution is 2.25. The van der Waals surface area contributed by atoms with Crippen LogP contribution in [0.1, 0.15) is 36.0 Å². The molecule has 2 aromatic heterocycles. The molecule has 3 heterocycles. The Hall–Kier alpha value is -3.68. The van der Waals surface area contributed by atoms with Gasteiger partial charge in [0.25, 0.3) is 11.5 Å². The number of aromatic nitrogens is 3. The van der Waals surface area contributed by atoms with Crippen LogP contribution in [0.5, 0.6) is 0 Å². The molecule has 1 amide bonds. The minimum Gasteiger partial charge on any atom is -0.372 e. The van der Waals surface area contributed by atoms with Gasteiger partial charge in [0.05, 0.1) is 18.1 Å². The fourth-order valence-corrected chi connectivity index (χ4v) is 3.73. The zero-order valence-corrected chi connectivity index (χ0v) is 17.1. The summed E-state index contributed by atoms with van der Waals surface area (Å²) < 4.78 is 0. The maximum atomic E-state index is 12.7. The summed E-state index contributed by atoms with van der Waals surface area (Å²) in [5.41, 5.74) is 2.72. The van der Waals surface area contributed by atoms with Crippen molar-refractivity contribution in [2.45, 2.75) is 31.7 Å². The van der Waals surface area contributed by atoms with Crippen LogP contribution >= 0.6 is 0 Å². The first-order valence-electron chi connectivity index (χ1n) is 10.6. The van der Waals surface area contributed by atoms with E-state index in [1.54, 1.807) is 36.8 Å². The molecule has 158 valence electrons. The minimum absolute atomic E-state index is 0.175. The lowest BCUT2D eigenvalue weighted by Crippen LogP contribution is -2.20. The lowest BCUT2D eigenvalue weighted by atomic mass is 10.1. The molecule has 1 saturated carbocycles. The fourth-order valence-electron chi connectivity index (χ4n) is 3.73. The number of anilines is 3. The van der Waals surface area contributed by atoms with E-state index in [0.29, 0.717) is 28.7 Å². The van der Waals surface area contributed by atoms with E-state index in [1.807, 2.05) is 12.1 Å². The molecule has 0 bridgehead atoms. The Morgan fingerprint density at radius 3 is 2.61 bits per heavy atom. The molecule has 0 atom stereocenters. The number of nitrogens with one attached hydrogen (secondary N) is 3.